The van der Waals surface area contributed by atoms with E-state index in [1.54, 1.807) is 6.07 Å². The van der Waals surface area contributed by atoms with E-state index < -0.39 is 0 Å². The van der Waals surface area contributed by atoms with Crippen LogP contribution in [0.15, 0.2) is 24.3 Å². The molecule has 0 aliphatic rings. The zero-order valence-electron chi connectivity index (χ0n) is 7.01. The molecule has 0 saturated carbocycles. The van der Waals surface area contributed by atoms with Crippen LogP contribution in [0.4, 0.5) is 0 Å². The van der Waals surface area contributed by atoms with E-state index in [1.807, 2.05) is 18.2 Å². The zero-order valence-corrected chi connectivity index (χ0v) is 7.77. The molecular formula is C10H11ClO. The normalized spacial score (nSPS) is 9.83. The first-order valence-corrected chi connectivity index (χ1v) is 4.40. The molecule has 0 unspecified atom stereocenters. The van der Waals surface area contributed by atoms with Crippen LogP contribution in [-0.2, 0) is 6.42 Å². The van der Waals surface area contributed by atoms with Crippen molar-refractivity contribution >= 4 is 16.8 Å². The van der Waals surface area contributed by atoms with Gasteiger partial charge in [0.25, 0.3) is 5.24 Å². The van der Waals surface area contributed by atoms with E-state index in [0.29, 0.717) is 5.56 Å². The number of aryl methyl sites for hydroxylation is 1. The van der Waals surface area contributed by atoms with Crippen LogP contribution >= 0.6 is 11.6 Å². The van der Waals surface area contributed by atoms with Crippen molar-refractivity contribution in [2.75, 3.05) is 0 Å². The fourth-order valence-corrected chi connectivity index (χ4v) is 1.26. The van der Waals surface area contributed by atoms with Gasteiger partial charge < -0.3 is 0 Å². The summed E-state index contributed by atoms with van der Waals surface area (Å²) in [6, 6.07) is 7.45. The summed E-state index contributed by atoms with van der Waals surface area (Å²) in [5.41, 5.74) is 1.76. The summed E-state index contributed by atoms with van der Waals surface area (Å²) in [6.07, 6.45) is 2.08. The molecule has 1 rings (SSSR count). The first-order chi connectivity index (χ1) is 5.74. The van der Waals surface area contributed by atoms with Crippen LogP contribution in [-0.4, -0.2) is 5.24 Å². The van der Waals surface area contributed by atoms with Gasteiger partial charge in [-0.1, -0.05) is 31.5 Å². The second-order valence-corrected chi connectivity index (χ2v) is 3.07. The Morgan fingerprint density at radius 2 is 2.25 bits per heavy atom. The molecule has 0 aliphatic heterocycles. The van der Waals surface area contributed by atoms with Crippen molar-refractivity contribution in [1.29, 1.82) is 0 Å². The van der Waals surface area contributed by atoms with Gasteiger partial charge in [-0.15, -0.1) is 0 Å². The number of carbonyl (C=O) groups is 1. The highest BCUT2D eigenvalue weighted by Gasteiger charge is 2.00. The summed E-state index contributed by atoms with van der Waals surface area (Å²) >= 11 is 5.34. The minimum absolute atomic E-state index is 0.382. The molecule has 0 amide bonds. The van der Waals surface area contributed by atoms with E-state index >= 15 is 0 Å². The lowest BCUT2D eigenvalue weighted by Gasteiger charge is -1.99. The Hall–Kier alpha value is -0.820. The molecule has 0 aromatic heterocycles. The fourth-order valence-electron chi connectivity index (χ4n) is 1.14. The molecule has 64 valence electrons. The molecule has 2 heteroatoms. The summed E-state index contributed by atoms with van der Waals surface area (Å²) in [5.74, 6) is 0. The standard InChI is InChI=1S/C10H11ClO/c1-2-4-8-5-3-6-9(7-8)10(11)12/h3,5-7H,2,4H2,1H3. The summed E-state index contributed by atoms with van der Waals surface area (Å²) in [4.78, 5) is 10.8. The van der Waals surface area contributed by atoms with Crippen molar-refractivity contribution in [3.63, 3.8) is 0 Å². The average Bonchev–Trinajstić information content (AvgIpc) is 2.05. The molecule has 0 spiro atoms. The van der Waals surface area contributed by atoms with Gasteiger partial charge in [0.05, 0.1) is 0 Å². The van der Waals surface area contributed by atoms with E-state index in [0.717, 1.165) is 12.8 Å². The molecule has 0 heterocycles. The molecule has 0 atom stereocenters. The quantitative estimate of drug-likeness (QED) is 0.657. The van der Waals surface area contributed by atoms with Gasteiger partial charge in [-0.25, -0.2) is 0 Å². The Bertz CT molecular complexity index is 281. The van der Waals surface area contributed by atoms with Gasteiger partial charge in [0.1, 0.15) is 0 Å². The van der Waals surface area contributed by atoms with Crippen LogP contribution in [0, 0.1) is 0 Å². The molecule has 0 saturated heterocycles. The minimum Gasteiger partial charge on any atom is -0.276 e. The molecule has 0 radical (unpaired) electrons. The number of hydrogen-bond acceptors (Lipinski definition) is 1. The average molecular weight is 183 g/mol. The van der Waals surface area contributed by atoms with Crippen molar-refractivity contribution in [3.05, 3.63) is 35.4 Å². The second-order valence-electron chi connectivity index (χ2n) is 2.72. The molecule has 12 heavy (non-hydrogen) atoms. The van der Waals surface area contributed by atoms with Gasteiger partial charge in [0.15, 0.2) is 0 Å². The Kier molecular flexibility index (Phi) is 3.30. The summed E-state index contributed by atoms with van der Waals surface area (Å²) in [7, 11) is 0. The molecule has 0 bridgehead atoms. The van der Waals surface area contributed by atoms with Crippen LogP contribution in [0.3, 0.4) is 0 Å². The maximum atomic E-state index is 10.8. The summed E-state index contributed by atoms with van der Waals surface area (Å²) in [5, 5.41) is -0.382. The first kappa shape index (κ1) is 9.27. The van der Waals surface area contributed by atoms with Gasteiger partial charge in [-0.2, -0.15) is 0 Å². The van der Waals surface area contributed by atoms with Gasteiger partial charge in [0, 0.05) is 5.56 Å². The smallest absolute Gasteiger partial charge is 0.252 e. The molecule has 0 fully saturated rings. The van der Waals surface area contributed by atoms with Gasteiger partial charge in [-0.05, 0) is 29.7 Å². The van der Waals surface area contributed by atoms with Crippen LogP contribution in [0.5, 0.6) is 0 Å². The molecular weight excluding hydrogens is 172 g/mol. The third-order valence-corrected chi connectivity index (χ3v) is 1.91. The van der Waals surface area contributed by atoms with Gasteiger partial charge >= 0.3 is 0 Å². The van der Waals surface area contributed by atoms with E-state index in [9.17, 15) is 4.79 Å². The molecule has 0 aliphatic carbocycles. The van der Waals surface area contributed by atoms with Crippen molar-refractivity contribution in [1.82, 2.24) is 0 Å². The van der Waals surface area contributed by atoms with Gasteiger partial charge in [-0.3, -0.25) is 4.79 Å². The van der Waals surface area contributed by atoms with E-state index in [2.05, 4.69) is 6.92 Å². The number of hydrogen-bond donors (Lipinski definition) is 0. The Balaban J connectivity index is 2.88. The molecule has 1 aromatic rings. The lowest BCUT2D eigenvalue weighted by molar-refractivity contribution is 0.108. The van der Waals surface area contributed by atoms with Crippen LogP contribution in [0.2, 0.25) is 0 Å². The Labute approximate surface area is 77.4 Å². The third-order valence-electron chi connectivity index (χ3n) is 1.69. The van der Waals surface area contributed by atoms with E-state index in [4.69, 9.17) is 11.6 Å². The maximum absolute atomic E-state index is 10.8. The fraction of sp³-hybridized carbons (Fsp3) is 0.300. The van der Waals surface area contributed by atoms with E-state index in [-0.39, 0.29) is 5.24 Å². The van der Waals surface area contributed by atoms with Crippen molar-refractivity contribution in [3.8, 4) is 0 Å². The largest absolute Gasteiger partial charge is 0.276 e. The Morgan fingerprint density at radius 1 is 1.50 bits per heavy atom. The molecule has 0 N–H and O–H groups in total. The van der Waals surface area contributed by atoms with Crippen LogP contribution in [0.1, 0.15) is 29.3 Å². The minimum atomic E-state index is -0.382. The lowest BCUT2D eigenvalue weighted by Crippen LogP contribution is -1.90. The highest BCUT2D eigenvalue weighted by molar-refractivity contribution is 6.67. The van der Waals surface area contributed by atoms with Gasteiger partial charge in [0.2, 0.25) is 0 Å². The molecule has 1 aromatic carbocycles. The zero-order chi connectivity index (χ0) is 8.97. The second kappa shape index (κ2) is 4.27. The van der Waals surface area contributed by atoms with Crippen LogP contribution < -0.4 is 0 Å². The summed E-state index contributed by atoms with van der Waals surface area (Å²) in [6.45, 7) is 2.11. The number of rotatable bonds is 3. The highest BCUT2D eigenvalue weighted by atomic mass is 35.5. The predicted molar refractivity (Wildman–Crippen MR) is 50.6 cm³/mol. The Morgan fingerprint density at radius 3 is 2.83 bits per heavy atom. The first-order valence-electron chi connectivity index (χ1n) is 4.03. The molecule has 1 nitrogen and oxygen atoms in total. The number of benzene rings is 1. The van der Waals surface area contributed by atoms with Crippen molar-refractivity contribution < 1.29 is 4.79 Å². The monoisotopic (exact) mass is 182 g/mol. The predicted octanol–water partition coefficient (Wildman–Crippen LogP) is 3.02. The lowest BCUT2D eigenvalue weighted by atomic mass is 10.1. The third kappa shape index (κ3) is 2.35. The van der Waals surface area contributed by atoms with E-state index in [1.165, 1.54) is 5.56 Å². The van der Waals surface area contributed by atoms with Crippen LogP contribution in [0.25, 0.3) is 0 Å². The summed E-state index contributed by atoms with van der Waals surface area (Å²) < 4.78 is 0. The number of halogens is 1. The number of carbonyl (C=O) groups excluding carboxylic acids is 1. The topological polar surface area (TPSA) is 17.1 Å². The highest BCUT2D eigenvalue weighted by Crippen LogP contribution is 2.09. The maximum Gasteiger partial charge on any atom is 0.252 e. The van der Waals surface area contributed by atoms with Crippen molar-refractivity contribution in [2.45, 2.75) is 19.8 Å². The SMILES string of the molecule is CCCc1cccc(C(=O)Cl)c1. The van der Waals surface area contributed by atoms with Crippen molar-refractivity contribution in [2.24, 2.45) is 0 Å².